The largest absolute Gasteiger partial charge is 0.507 e. The van der Waals surface area contributed by atoms with Crippen LogP contribution in [-0.4, -0.2) is 24.1 Å². The lowest BCUT2D eigenvalue weighted by Gasteiger charge is -2.17. The normalized spacial score (nSPS) is 11.5. The van der Waals surface area contributed by atoms with Gasteiger partial charge in [0.05, 0.1) is 0 Å². The van der Waals surface area contributed by atoms with Crippen LogP contribution in [-0.2, 0) is 6.54 Å². The zero-order chi connectivity index (χ0) is 21.8. The van der Waals surface area contributed by atoms with E-state index in [1.807, 2.05) is 79.7 Å². The molecule has 1 atom stereocenters. The number of aromatic hydroxyl groups is 1. The summed E-state index contributed by atoms with van der Waals surface area (Å²) in [6.45, 7) is 0.644. The fraction of sp³-hybridized carbons (Fsp3) is 0.111. The second kappa shape index (κ2) is 9.43. The summed E-state index contributed by atoms with van der Waals surface area (Å²) in [5, 5.41) is 13.1. The third-order valence-corrected chi connectivity index (χ3v) is 6.53. The Morgan fingerprint density at radius 3 is 2.03 bits per heavy atom. The minimum atomic E-state index is -0.238. The molecule has 4 aromatic carbocycles. The first-order valence-corrected chi connectivity index (χ1v) is 11.2. The van der Waals surface area contributed by atoms with Gasteiger partial charge in [-0.15, -0.1) is 0 Å². The highest BCUT2D eigenvalue weighted by molar-refractivity contribution is 7.56. The lowest BCUT2D eigenvalue weighted by Crippen LogP contribution is -2.18. The van der Waals surface area contributed by atoms with Crippen LogP contribution >= 0.6 is 8.58 Å². The molecule has 1 unspecified atom stereocenters. The Balaban J connectivity index is 1.84. The zero-order valence-electron chi connectivity index (χ0n) is 17.6. The summed E-state index contributed by atoms with van der Waals surface area (Å²) in [5.41, 5.74) is 4.86. The van der Waals surface area contributed by atoms with E-state index >= 15 is 0 Å². The van der Waals surface area contributed by atoms with E-state index in [9.17, 15) is 9.50 Å². The van der Waals surface area contributed by atoms with Crippen LogP contribution in [0.1, 0.15) is 5.56 Å². The van der Waals surface area contributed by atoms with Crippen molar-refractivity contribution >= 4 is 19.2 Å². The lowest BCUT2D eigenvalue weighted by molar-refractivity contribution is 0.402. The van der Waals surface area contributed by atoms with Gasteiger partial charge in [0.2, 0.25) is 0 Å². The topological polar surface area (TPSA) is 23.5 Å². The quantitative estimate of drug-likeness (QED) is 0.406. The molecule has 4 rings (SSSR count). The fourth-order valence-corrected chi connectivity index (χ4v) is 4.91. The number of phenolic OH excluding ortho intramolecular Hbond substituents is 1. The van der Waals surface area contributed by atoms with Crippen LogP contribution in [0.3, 0.4) is 0 Å². The molecule has 4 heteroatoms. The van der Waals surface area contributed by atoms with Gasteiger partial charge in [-0.3, -0.25) is 0 Å². The first-order chi connectivity index (χ1) is 15.0. The molecule has 0 aliphatic carbocycles. The van der Waals surface area contributed by atoms with Gasteiger partial charge in [0.25, 0.3) is 0 Å². The molecule has 0 radical (unpaired) electrons. The van der Waals surface area contributed by atoms with Gasteiger partial charge < -0.3 is 10.0 Å². The smallest absolute Gasteiger partial charge is 0.131 e. The highest BCUT2D eigenvalue weighted by atomic mass is 31.1. The van der Waals surface area contributed by atoms with E-state index in [1.165, 1.54) is 6.07 Å². The van der Waals surface area contributed by atoms with Gasteiger partial charge in [-0.1, -0.05) is 75.3 Å². The van der Waals surface area contributed by atoms with Crippen molar-refractivity contribution in [3.8, 4) is 28.0 Å². The Morgan fingerprint density at radius 2 is 1.39 bits per heavy atom. The summed E-state index contributed by atoms with van der Waals surface area (Å²) in [6, 6.07) is 29.1. The molecule has 31 heavy (non-hydrogen) atoms. The highest BCUT2D eigenvalue weighted by Gasteiger charge is 2.15. The Morgan fingerprint density at radius 1 is 0.742 bits per heavy atom. The minimum absolute atomic E-state index is 0.210. The monoisotopic (exact) mass is 429 g/mol. The Bertz CT molecular complexity index is 1180. The van der Waals surface area contributed by atoms with Gasteiger partial charge in [0.15, 0.2) is 0 Å². The van der Waals surface area contributed by atoms with Gasteiger partial charge in [-0.2, -0.15) is 0 Å². The van der Waals surface area contributed by atoms with Crippen LogP contribution in [0.5, 0.6) is 5.75 Å². The minimum Gasteiger partial charge on any atom is -0.507 e. The van der Waals surface area contributed by atoms with Crippen LogP contribution in [0, 0.1) is 5.82 Å². The van der Waals surface area contributed by atoms with E-state index in [4.69, 9.17) is 0 Å². The average molecular weight is 429 g/mol. The van der Waals surface area contributed by atoms with Crippen LogP contribution in [0.25, 0.3) is 22.3 Å². The summed E-state index contributed by atoms with van der Waals surface area (Å²) in [4.78, 5) is 2.03. The number of rotatable bonds is 6. The molecule has 0 aromatic heterocycles. The Kier molecular flexibility index (Phi) is 6.46. The maximum absolute atomic E-state index is 13.9. The van der Waals surface area contributed by atoms with E-state index in [0.717, 1.165) is 38.4 Å². The molecule has 0 saturated heterocycles. The van der Waals surface area contributed by atoms with Gasteiger partial charge in [-0.05, 0) is 65.9 Å². The summed E-state index contributed by atoms with van der Waals surface area (Å²) in [7, 11) is 4.15. The predicted molar refractivity (Wildman–Crippen MR) is 130 cm³/mol. The highest BCUT2D eigenvalue weighted by Crippen LogP contribution is 2.35. The fourth-order valence-electron chi connectivity index (χ4n) is 3.67. The Hall–Kier alpha value is -3.00. The standard InChI is InChI=1S/C27H25FNOP/c1-29(2)18-22-15-23(28)13-14-25(22)31-26-17-21(19-9-5-3-6-10-19)16-24(27(26)30)20-11-7-4-8-12-20/h3-17,30-31H,18H2,1-2H3. The van der Waals surface area contributed by atoms with E-state index in [-0.39, 0.29) is 20.1 Å². The molecule has 0 fully saturated rings. The maximum atomic E-state index is 13.9. The van der Waals surface area contributed by atoms with Crippen LogP contribution in [0.4, 0.5) is 4.39 Å². The van der Waals surface area contributed by atoms with Gasteiger partial charge in [0, 0.05) is 17.4 Å². The van der Waals surface area contributed by atoms with Crippen LogP contribution in [0.15, 0.2) is 91.0 Å². The molecule has 0 saturated carbocycles. The maximum Gasteiger partial charge on any atom is 0.131 e. The van der Waals surface area contributed by atoms with Crippen molar-refractivity contribution < 1.29 is 9.50 Å². The number of halogens is 1. The molecule has 0 aliphatic heterocycles. The molecule has 2 nitrogen and oxygen atoms in total. The Labute approximate surface area is 184 Å². The molecule has 4 aromatic rings. The van der Waals surface area contributed by atoms with E-state index in [2.05, 4.69) is 18.2 Å². The van der Waals surface area contributed by atoms with Gasteiger partial charge >= 0.3 is 0 Å². The molecule has 0 bridgehead atoms. The molecule has 1 N–H and O–H groups in total. The van der Waals surface area contributed by atoms with E-state index < -0.39 is 0 Å². The SMILES string of the molecule is CN(C)Cc1cc(F)ccc1Pc1cc(-c2ccccc2)cc(-c2ccccc2)c1O. The molecule has 156 valence electrons. The number of hydrogen-bond donors (Lipinski definition) is 1. The number of phenols is 1. The second-order valence-corrected chi connectivity index (χ2v) is 9.14. The molecular formula is C27H25FNOP. The average Bonchev–Trinajstić information content (AvgIpc) is 2.77. The van der Waals surface area contributed by atoms with Crippen molar-refractivity contribution in [3.63, 3.8) is 0 Å². The van der Waals surface area contributed by atoms with Crippen molar-refractivity contribution in [2.75, 3.05) is 14.1 Å². The summed E-state index contributed by atoms with van der Waals surface area (Å²) in [6.07, 6.45) is 0. The van der Waals surface area contributed by atoms with E-state index in [0.29, 0.717) is 6.54 Å². The van der Waals surface area contributed by atoms with Crippen LogP contribution in [0.2, 0.25) is 0 Å². The van der Waals surface area contributed by atoms with Crippen molar-refractivity contribution in [2.24, 2.45) is 0 Å². The lowest BCUT2D eigenvalue weighted by atomic mass is 9.98. The van der Waals surface area contributed by atoms with Crippen molar-refractivity contribution in [3.05, 3.63) is 102 Å². The zero-order valence-corrected chi connectivity index (χ0v) is 18.6. The van der Waals surface area contributed by atoms with Gasteiger partial charge in [0.1, 0.15) is 11.6 Å². The summed E-state index contributed by atoms with van der Waals surface area (Å²) < 4.78 is 13.9. The van der Waals surface area contributed by atoms with Gasteiger partial charge in [-0.25, -0.2) is 4.39 Å². The second-order valence-electron chi connectivity index (χ2n) is 7.82. The summed E-state index contributed by atoms with van der Waals surface area (Å²) in [5.74, 6) is 0.0435. The third-order valence-electron chi connectivity index (χ3n) is 5.13. The molecule has 0 spiro atoms. The number of hydrogen-bond acceptors (Lipinski definition) is 2. The summed E-state index contributed by atoms with van der Waals surface area (Å²) >= 11 is 0. The number of nitrogens with zero attached hydrogens (tertiary/aromatic N) is 1. The number of benzene rings is 4. The van der Waals surface area contributed by atoms with Crippen molar-refractivity contribution in [2.45, 2.75) is 6.54 Å². The molecule has 0 amide bonds. The molecule has 0 aliphatic rings. The third kappa shape index (κ3) is 5.02. The molecule has 0 heterocycles. The van der Waals surface area contributed by atoms with E-state index in [1.54, 1.807) is 6.07 Å². The van der Waals surface area contributed by atoms with Crippen molar-refractivity contribution in [1.29, 1.82) is 0 Å². The van der Waals surface area contributed by atoms with Crippen molar-refractivity contribution in [1.82, 2.24) is 4.90 Å². The van der Waals surface area contributed by atoms with Crippen LogP contribution < -0.4 is 10.6 Å². The molecular weight excluding hydrogens is 404 g/mol. The predicted octanol–water partition coefficient (Wildman–Crippen LogP) is 5.56. The first kappa shape index (κ1) is 21.2. The first-order valence-electron chi connectivity index (χ1n) is 10.2.